The summed E-state index contributed by atoms with van der Waals surface area (Å²) in [7, 11) is 0. The van der Waals surface area contributed by atoms with Crippen LogP contribution in [0, 0.1) is 5.82 Å². The number of hydrogen-bond acceptors (Lipinski definition) is 3. The molecule has 1 amide bonds. The Bertz CT molecular complexity index is 1070. The number of rotatable bonds is 6. The molecule has 0 aliphatic carbocycles. The van der Waals surface area contributed by atoms with Crippen molar-refractivity contribution in [1.82, 2.24) is 15.1 Å². The van der Waals surface area contributed by atoms with Crippen LogP contribution in [0.4, 0.5) is 30.7 Å². The highest BCUT2D eigenvalue weighted by molar-refractivity contribution is 5.95. The summed E-state index contributed by atoms with van der Waals surface area (Å²) >= 11 is 0. The van der Waals surface area contributed by atoms with Crippen LogP contribution in [-0.4, -0.2) is 28.5 Å². The Hall–Kier alpha value is -3.57. The molecule has 0 aliphatic heterocycles. The second kappa shape index (κ2) is 8.89. The summed E-state index contributed by atoms with van der Waals surface area (Å²) in [5.74, 6) is -1.78. The van der Waals surface area contributed by atoms with Crippen LogP contribution in [0.15, 0.2) is 54.7 Å². The average molecular weight is 461 g/mol. The van der Waals surface area contributed by atoms with E-state index in [1.807, 2.05) is 0 Å². The predicted octanol–water partition coefficient (Wildman–Crippen LogP) is 4.90. The number of halogens is 7. The van der Waals surface area contributed by atoms with Crippen LogP contribution in [0.3, 0.4) is 0 Å². The standard InChI is InChI=1S/C20H14F7N3O2/c21-13-3-5-14(6-4-13)30-17(20(25,26)27)16(10-29-30)18(31)28-9-12-1-7-15(8-2-12)32-11-19(22,23)24/h1-8,10H,9,11H2,(H,28,31). The van der Waals surface area contributed by atoms with Crippen LogP contribution in [0.1, 0.15) is 21.6 Å². The van der Waals surface area contributed by atoms with Crippen molar-refractivity contribution >= 4 is 5.91 Å². The van der Waals surface area contributed by atoms with Gasteiger partial charge in [0.05, 0.1) is 17.4 Å². The van der Waals surface area contributed by atoms with E-state index >= 15 is 0 Å². The number of benzene rings is 2. The number of alkyl halides is 6. The molecule has 32 heavy (non-hydrogen) atoms. The van der Waals surface area contributed by atoms with Crippen LogP contribution < -0.4 is 10.1 Å². The van der Waals surface area contributed by atoms with Crippen molar-refractivity contribution in [3.8, 4) is 11.4 Å². The van der Waals surface area contributed by atoms with E-state index in [0.29, 0.717) is 10.2 Å². The van der Waals surface area contributed by atoms with Crippen molar-refractivity contribution in [3.63, 3.8) is 0 Å². The summed E-state index contributed by atoms with van der Waals surface area (Å²) in [6, 6.07) is 9.28. The predicted molar refractivity (Wildman–Crippen MR) is 97.7 cm³/mol. The number of nitrogens with one attached hydrogen (secondary N) is 1. The fourth-order valence-corrected chi connectivity index (χ4v) is 2.71. The van der Waals surface area contributed by atoms with Gasteiger partial charge < -0.3 is 10.1 Å². The minimum absolute atomic E-state index is 0.0580. The molecule has 5 nitrogen and oxygen atoms in total. The van der Waals surface area contributed by atoms with Gasteiger partial charge in [-0.05, 0) is 42.0 Å². The molecule has 0 atom stereocenters. The van der Waals surface area contributed by atoms with Crippen molar-refractivity contribution in [1.29, 1.82) is 0 Å². The molecule has 0 fully saturated rings. The van der Waals surface area contributed by atoms with E-state index in [1.54, 1.807) is 0 Å². The van der Waals surface area contributed by atoms with E-state index in [-0.39, 0.29) is 18.0 Å². The maximum absolute atomic E-state index is 13.6. The summed E-state index contributed by atoms with van der Waals surface area (Å²) in [6.45, 7) is -1.67. The molecule has 0 radical (unpaired) electrons. The summed E-state index contributed by atoms with van der Waals surface area (Å²) in [5.41, 5.74) is -1.76. The van der Waals surface area contributed by atoms with Crippen LogP contribution >= 0.6 is 0 Å². The first-order valence-electron chi connectivity index (χ1n) is 8.92. The maximum atomic E-state index is 13.6. The van der Waals surface area contributed by atoms with E-state index in [1.165, 1.54) is 24.3 Å². The number of amides is 1. The molecule has 0 aliphatic rings. The highest BCUT2D eigenvalue weighted by Gasteiger charge is 2.40. The zero-order valence-electron chi connectivity index (χ0n) is 16.0. The fourth-order valence-electron chi connectivity index (χ4n) is 2.71. The molecule has 1 heterocycles. The average Bonchev–Trinajstić information content (AvgIpc) is 3.17. The van der Waals surface area contributed by atoms with Gasteiger partial charge in [0, 0.05) is 6.54 Å². The number of aromatic nitrogens is 2. The van der Waals surface area contributed by atoms with Gasteiger partial charge in [0.2, 0.25) is 0 Å². The molecule has 170 valence electrons. The van der Waals surface area contributed by atoms with E-state index < -0.39 is 41.9 Å². The van der Waals surface area contributed by atoms with E-state index in [9.17, 15) is 35.5 Å². The molecule has 0 saturated carbocycles. The summed E-state index contributed by atoms with van der Waals surface area (Å²) in [6.07, 6.45) is -8.69. The summed E-state index contributed by atoms with van der Waals surface area (Å²) in [4.78, 5) is 12.4. The van der Waals surface area contributed by atoms with Gasteiger partial charge in [-0.1, -0.05) is 12.1 Å². The lowest BCUT2D eigenvalue weighted by atomic mass is 10.2. The van der Waals surface area contributed by atoms with Crippen molar-refractivity contribution < 1.29 is 40.3 Å². The molecule has 0 spiro atoms. The number of hydrogen-bond donors (Lipinski definition) is 1. The quantitative estimate of drug-likeness (QED) is 0.532. The normalized spacial score (nSPS) is 12.0. The lowest BCUT2D eigenvalue weighted by Gasteiger charge is -2.13. The molecule has 1 aromatic heterocycles. The van der Waals surface area contributed by atoms with Crippen LogP contribution in [-0.2, 0) is 12.7 Å². The van der Waals surface area contributed by atoms with Gasteiger partial charge in [0.1, 0.15) is 11.6 Å². The lowest BCUT2D eigenvalue weighted by molar-refractivity contribution is -0.153. The minimum atomic E-state index is -4.94. The Morgan fingerprint density at radius 2 is 1.59 bits per heavy atom. The third-order valence-electron chi connectivity index (χ3n) is 4.13. The minimum Gasteiger partial charge on any atom is -0.484 e. The Balaban J connectivity index is 1.73. The Labute approximate surface area is 176 Å². The first-order chi connectivity index (χ1) is 14.9. The Kier molecular flexibility index (Phi) is 6.42. The summed E-state index contributed by atoms with van der Waals surface area (Å²) < 4.78 is 95.5. The highest BCUT2D eigenvalue weighted by Crippen LogP contribution is 2.33. The largest absolute Gasteiger partial charge is 0.484 e. The molecule has 2 aromatic carbocycles. The monoisotopic (exact) mass is 461 g/mol. The van der Waals surface area contributed by atoms with Crippen molar-refractivity contribution in [2.45, 2.75) is 18.9 Å². The van der Waals surface area contributed by atoms with Gasteiger partial charge in [-0.15, -0.1) is 0 Å². The maximum Gasteiger partial charge on any atom is 0.434 e. The first kappa shape index (κ1) is 23.1. The van der Waals surface area contributed by atoms with Gasteiger partial charge in [-0.3, -0.25) is 4.79 Å². The molecule has 12 heteroatoms. The third-order valence-corrected chi connectivity index (χ3v) is 4.13. The molecule has 3 aromatic rings. The Morgan fingerprint density at radius 1 is 0.969 bits per heavy atom. The molecule has 0 bridgehead atoms. The second-order valence-electron chi connectivity index (χ2n) is 6.52. The highest BCUT2D eigenvalue weighted by atomic mass is 19.4. The number of carbonyl (C=O) groups is 1. The van der Waals surface area contributed by atoms with E-state index in [2.05, 4.69) is 15.2 Å². The van der Waals surface area contributed by atoms with Gasteiger partial charge in [-0.25, -0.2) is 9.07 Å². The third kappa shape index (κ3) is 5.77. The fraction of sp³-hybridized carbons (Fsp3) is 0.200. The zero-order chi connectivity index (χ0) is 23.5. The lowest BCUT2D eigenvalue weighted by Crippen LogP contribution is -2.26. The zero-order valence-corrected chi connectivity index (χ0v) is 16.0. The van der Waals surface area contributed by atoms with Gasteiger partial charge >= 0.3 is 12.4 Å². The van der Waals surface area contributed by atoms with Gasteiger partial charge in [-0.2, -0.15) is 31.4 Å². The number of carbonyl (C=O) groups excluding carboxylic acids is 1. The van der Waals surface area contributed by atoms with Gasteiger partial charge in [0.25, 0.3) is 5.91 Å². The topological polar surface area (TPSA) is 56.1 Å². The molecular weight excluding hydrogens is 447 g/mol. The molecule has 0 saturated heterocycles. The van der Waals surface area contributed by atoms with Crippen LogP contribution in [0.2, 0.25) is 0 Å². The van der Waals surface area contributed by atoms with Crippen molar-refractivity contribution in [3.05, 3.63) is 77.4 Å². The second-order valence-corrected chi connectivity index (χ2v) is 6.52. The van der Waals surface area contributed by atoms with Crippen molar-refractivity contribution in [2.24, 2.45) is 0 Å². The molecule has 1 N–H and O–H groups in total. The molecular formula is C20H14F7N3O2. The smallest absolute Gasteiger partial charge is 0.434 e. The molecule has 3 rings (SSSR count). The first-order valence-corrected chi connectivity index (χ1v) is 8.92. The molecule has 0 unspecified atom stereocenters. The van der Waals surface area contributed by atoms with Gasteiger partial charge in [0.15, 0.2) is 12.3 Å². The van der Waals surface area contributed by atoms with Crippen molar-refractivity contribution in [2.75, 3.05) is 6.61 Å². The SMILES string of the molecule is O=C(NCc1ccc(OCC(F)(F)F)cc1)c1cnn(-c2ccc(F)cc2)c1C(F)(F)F. The van der Waals surface area contributed by atoms with E-state index in [0.717, 1.165) is 30.5 Å². The van der Waals surface area contributed by atoms with Crippen LogP contribution in [0.5, 0.6) is 5.75 Å². The summed E-state index contributed by atoms with van der Waals surface area (Å²) in [5, 5.41) is 5.92. The van der Waals surface area contributed by atoms with Crippen LogP contribution in [0.25, 0.3) is 5.69 Å². The van der Waals surface area contributed by atoms with E-state index in [4.69, 9.17) is 0 Å². The number of ether oxygens (including phenoxy) is 1. The Morgan fingerprint density at radius 3 is 2.16 bits per heavy atom. The number of nitrogens with zero attached hydrogens (tertiary/aromatic N) is 2.